The van der Waals surface area contributed by atoms with Crippen LogP contribution in [0.15, 0.2) is 23.8 Å². The summed E-state index contributed by atoms with van der Waals surface area (Å²) >= 11 is 0. The third-order valence-electron chi connectivity index (χ3n) is 8.31. The highest BCUT2D eigenvalue weighted by Crippen LogP contribution is 2.67. The maximum atomic E-state index is 15.2. The number of carbonyl (C=O) groups is 3. The molecule has 3 saturated carbocycles. The quantitative estimate of drug-likeness (QED) is 0.708. The minimum atomic E-state index is -1.44. The Kier molecular flexibility index (Phi) is 4.24. The second-order valence-corrected chi connectivity index (χ2v) is 9.75. The van der Waals surface area contributed by atoms with Crippen LogP contribution in [0.5, 0.6) is 0 Å². The topological polar surface area (TPSA) is 91.7 Å². The number of aliphatic carboxylic acids is 1. The molecule has 152 valence electrons. The Morgan fingerprint density at radius 3 is 2.57 bits per heavy atom. The van der Waals surface area contributed by atoms with Crippen molar-refractivity contribution in [3.63, 3.8) is 0 Å². The van der Waals surface area contributed by atoms with Crippen molar-refractivity contribution in [1.82, 2.24) is 0 Å². The van der Waals surface area contributed by atoms with Gasteiger partial charge in [0.15, 0.2) is 5.78 Å². The van der Waals surface area contributed by atoms with Crippen molar-refractivity contribution in [2.45, 2.75) is 52.3 Å². The van der Waals surface area contributed by atoms with Crippen LogP contribution >= 0.6 is 0 Å². The maximum absolute atomic E-state index is 15.2. The molecule has 0 aromatic carbocycles. The minimum absolute atomic E-state index is 0.0353. The number of allylic oxidation sites excluding steroid dienone is 4. The number of ketones is 2. The number of fused-ring (bicyclic) bond motifs is 5. The van der Waals surface area contributed by atoms with Crippen LogP contribution in [0.3, 0.4) is 0 Å². The third-order valence-corrected chi connectivity index (χ3v) is 8.31. The number of hydrogen-bond donors (Lipinski definition) is 2. The number of rotatable bonds is 2. The standard InChI is InChI=1S/C22H27FO5/c1-10-6-13-12-8-15(23)14-7-11(24)4-5-21(14,2)18(12)16(25)9-22(13,3)17(10)19(26)20(27)28/h4-5,7,10,12-13,15-18,25H,6,8-9H2,1-3H3,(H,27,28)/t10-,12?,13?,15+,16?,17-,18?,21+,22+/m1/s1. The summed E-state index contributed by atoms with van der Waals surface area (Å²) in [4.78, 5) is 35.7. The molecule has 0 saturated heterocycles. The molecule has 0 aliphatic heterocycles. The lowest BCUT2D eigenvalue weighted by atomic mass is 9.46. The first-order valence-electron chi connectivity index (χ1n) is 10.0. The highest BCUT2D eigenvalue weighted by molar-refractivity contribution is 6.33. The monoisotopic (exact) mass is 390 g/mol. The summed E-state index contributed by atoms with van der Waals surface area (Å²) in [5, 5.41) is 20.5. The summed E-state index contributed by atoms with van der Waals surface area (Å²) in [6.07, 6.45) is 3.65. The molecule has 0 radical (unpaired) electrons. The van der Waals surface area contributed by atoms with Gasteiger partial charge in [-0.25, -0.2) is 9.18 Å². The predicted octanol–water partition coefficient (Wildman–Crippen LogP) is 2.73. The number of halogens is 1. The fourth-order valence-electron chi connectivity index (χ4n) is 7.39. The Morgan fingerprint density at radius 1 is 1.25 bits per heavy atom. The number of hydrogen-bond acceptors (Lipinski definition) is 4. The van der Waals surface area contributed by atoms with Crippen LogP contribution < -0.4 is 0 Å². The lowest BCUT2D eigenvalue weighted by Gasteiger charge is -2.59. The zero-order valence-corrected chi connectivity index (χ0v) is 16.4. The van der Waals surface area contributed by atoms with Gasteiger partial charge in [-0.15, -0.1) is 0 Å². The predicted molar refractivity (Wildman–Crippen MR) is 99.0 cm³/mol. The van der Waals surface area contributed by atoms with Gasteiger partial charge in [-0.05, 0) is 60.2 Å². The Hall–Kier alpha value is -1.82. The normalized spacial score (nSPS) is 49.7. The van der Waals surface area contributed by atoms with Crippen molar-refractivity contribution in [2.75, 3.05) is 0 Å². The number of carbonyl (C=O) groups excluding carboxylic acids is 2. The van der Waals surface area contributed by atoms with Gasteiger partial charge in [0.25, 0.3) is 0 Å². The van der Waals surface area contributed by atoms with E-state index in [2.05, 4.69) is 0 Å². The molecule has 2 N–H and O–H groups in total. The van der Waals surface area contributed by atoms with Gasteiger partial charge >= 0.3 is 5.97 Å². The molecule has 4 unspecified atom stereocenters. The summed E-state index contributed by atoms with van der Waals surface area (Å²) in [6, 6.07) is 0. The molecule has 4 aliphatic carbocycles. The lowest BCUT2D eigenvalue weighted by molar-refractivity contribution is -0.159. The Labute approximate surface area is 163 Å². The fourth-order valence-corrected chi connectivity index (χ4v) is 7.39. The van der Waals surface area contributed by atoms with E-state index in [4.69, 9.17) is 0 Å². The van der Waals surface area contributed by atoms with Gasteiger partial charge in [0, 0.05) is 17.3 Å². The number of carboxylic acids is 1. The van der Waals surface area contributed by atoms with Gasteiger partial charge in [0.2, 0.25) is 5.78 Å². The lowest BCUT2D eigenvalue weighted by Crippen LogP contribution is -2.58. The van der Waals surface area contributed by atoms with E-state index in [1.165, 1.54) is 12.2 Å². The molecule has 4 rings (SSSR count). The largest absolute Gasteiger partial charge is 0.475 e. The average Bonchev–Trinajstić information content (AvgIpc) is 2.85. The molecule has 3 fully saturated rings. The first-order valence-corrected chi connectivity index (χ1v) is 10.0. The van der Waals surface area contributed by atoms with Crippen LogP contribution in [-0.4, -0.2) is 40.0 Å². The van der Waals surface area contributed by atoms with Crippen molar-refractivity contribution >= 4 is 17.5 Å². The summed E-state index contributed by atoms with van der Waals surface area (Å²) in [5.41, 5.74) is -0.969. The molecule has 0 aromatic heterocycles. The second kappa shape index (κ2) is 6.09. The minimum Gasteiger partial charge on any atom is -0.475 e. The molecule has 0 bridgehead atoms. The highest BCUT2D eigenvalue weighted by Gasteiger charge is 2.66. The van der Waals surface area contributed by atoms with Gasteiger partial charge in [0.1, 0.15) is 6.17 Å². The molecule has 0 spiro atoms. The van der Waals surface area contributed by atoms with Crippen molar-refractivity contribution in [2.24, 2.45) is 40.4 Å². The Morgan fingerprint density at radius 2 is 1.93 bits per heavy atom. The van der Waals surface area contributed by atoms with Crippen LogP contribution in [0.2, 0.25) is 0 Å². The number of aliphatic hydroxyl groups is 1. The Bertz CT molecular complexity index is 816. The number of Topliss-reactive ketones (excluding diaryl/α,β-unsaturated/α-hetero) is 1. The summed E-state index contributed by atoms with van der Waals surface area (Å²) in [7, 11) is 0. The highest BCUT2D eigenvalue weighted by atomic mass is 19.1. The first-order chi connectivity index (χ1) is 13.0. The third kappa shape index (κ3) is 2.43. The Balaban J connectivity index is 1.77. The zero-order chi connectivity index (χ0) is 20.6. The maximum Gasteiger partial charge on any atom is 0.372 e. The van der Waals surface area contributed by atoms with Gasteiger partial charge in [-0.3, -0.25) is 9.59 Å². The van der Waals surface area contributed by atoms with E-state index in [-0.39, 0.29) is 35.9 Å². The van der Waals surface area contributed by atoms with E-state index in [1.807, 2.05) is 20.8 Å². The van der Waals surface area contributed by atoms with Gasteiger partial charge in [0.05, 0.1) is 6.10 Å². The van der Waals surface area contributed by atoms with Crippen molar-refractivity contribution in [3.8, 4) is 0 Å². The zero-order valence-electron chi connectivity index (χ0n) is 16.4. The molecule has 0 heterocycles. The van der Waals surface area contributed by atoms with Gasteiger partial charge < -0.3 is 10.2 Å². The molecule has 5 nitrogen and oxygen atoms in total. The van der Waals surface area contributed by atoms with Gasteiger partial charge in [-0.1, -0.05) is 26.8 Å². The first kappa shape index (κ1) is 19.5. The second-order valence-electron chi connectivity index (χ2n) is 9.75. The summed E-state index contributed by atoms with van der Waals surface area (Å²) in [5.74, 6) is -3.72. The molecule has 0 amide bonds. The molecule has 9 atom stereocenters. The summed E-state index contributed by atoms with van der Waals surface area (Å²) < 4.78 is 15.2. The molecule has 28 heavy (non-hydrogen) atoms. The van der Waals surface area contributed by atoms with Crippen LogP contribution in [0.1, 0.15) is 40.0 Å². The van der Waals surface area contributed by atoms with Crippen molar-refractivity contribution < 1.29 is 29.0 Å². The molecular formula is C22H27FO5. The molecule has 4 aliphatic rings. The molecule has 6 heteroatoms. The van der Waals surface area contributed by atoms with Crippen LogP contribution in [-0.2, 0) is 14.4 Å². The fraction of sp³-hybridized carbons (Fsp3) is 0.682. The van der Waals surface area contributed by atoms with Crippen LogP contribution in [0.4, 0.5) is 4.39 Å². The summed E-state index contributed by atoms with van der Waals surface area (Å²) in [6.45, 7) is 5.67. The molecular weight excluding hydrogens is 363 g/mol. The number of carboxylic acid groups (broad SMARTS) is 1. The van der Waals surface area contributed by atoms with E-state index < -0.39 is 40.8 Å². The molecule has 0 aromatic rings. The van der Waals surface area contributed by atoms with E-state index >= 15 is 4.39 Å². The van der Waals surface area contributed by atoms with Crippen molar-refractivity contribution in [1.29, 1.82) is 0 Å². The van der Waals surface area contributed by atoms with Crippen LogP contribution in [0.25, 0.3) is 0 Å². The van der Waals surface area contributed by atoms with Crippen molar-refractivity contribution in [3.05, 3.63) is 23.8 Å². The average molecular weight is 390 g/mol. The van der Waals surface area contributed by atoms with Crippen LogP contribution in [0, 0.1) is 40.4 Å². The van der Waals surface area contributed by atoms with E-state index in [1.54, 1.807) is 6.08 Å². The number of alkyl halides is 1. The van der Waals surface area contributed by atoms with E-state index in [0.717, 1.165) is 0 Å². The SMILES string of the molecule is C[C@@H]1CC2C3C[C@H](F)C4=CC(=O)C=C[C@]4(C)C3C(O)C[C@]2(C)[C@H]1C(=O)C(=O)O. The van der Waals surface area contributed by atoms with E-state index in [0.29, 0.717) is 18.4 Å². The number of aliphatic hydroxyl groups excluding tert-OH is 1. The smallest absolute Gasteiger partial charge is 0.372 e. The van der Waals surface area contributed by atoms with E-state index in [9.17, 15) is 24.6 Å². The van der Waals surface area contributed by atoms with Gasteiger partial charge in [-0.2, -0.15) is 0 Å².